The average molecular weight is 297 g/mol. The number of carbonyl (C=O) groups is 1. The number of aliphatic hydroxyl groups excluding tert-OH is 1. The molecule has 0 heterocycles. The Hall–Kier alpha value is -1.26. The second-order valence-electron chi connectivity index (χ2n) is 5.61. The third-order valence-electron chi connectivity index (χ3n) is 3.77. The third kappa shape index (κ3) is 3.87. The number of halogens is 1. The lowest BCUT2D eigenvalue weighted by Crippen LogP contribution is -2.44. The fraction of sp³-hybridized carbons (Fsp3) is 0.533. The molecular weight excluding hydrogens is 276 g/mol. The van der Waals surface area contributed by atoms with Crippen molar-refractivity contribution in [2.24, 2.45) is 11.8 Å². The van der Waals surface area contributed by atoms with Crippen LogP contribution in [-0.4, -0.2) is 23.8 Å². The number of urea groups is 1. The predicted molar refractivity (Wildman–Crippen MR) is 79.7 cm³/mol. The lowest BCUT2D eigenvalue weighted by molar-refractivity contribution is 0.216. The largest absolute Gasteiger partial charge is 0.394 e. The van der Waals surface area contributed by atoms with Crippen molar-refractivity contribution in [2.75, 3.05) is 6.61 Å². The molecule has 4 unspecified atom stereocenters. The van der Waals surface area contributed by atoms with Crippen LogP contribution in [-0.2, 0) is 0 Å². The molecule has 1 aromatic rings. The summed E-state index contributed by atoms with van der Waals surface area (Å²) < 4.78 is 0. The van der Waals surface area contributed by atoms with Crippen molar-refractivity contribution in [2.45, 2.75) is 32.4 Å². The van der Waals surface area contributed by atoms with Crippen LogP contribution >= 0.6 is 11.6 Å². The molecule has 1 saturated carbocycles. The molecule has 4 atom stereocenters. The predicted octanol–water partition coefficient (Wildman–Crippen LogP) is 2.72. The van der Waals surface area contributed by atoms with Gasteiger partial charge < -0.3 is 15.7 Å². The van der Waals surface area contributed by atoms with Crippen molar-refractivity contribution in [3.8, 4) is 0 Å². The van der Waals surface area contributed by atoms with Crippen molar-refractivity contribution in [1.29, 1.82) is 0 Å². The molecule has 1 aromatic carbocycles. The second kappa shape index (κ2) is 6.46. The number of hydrogen-bond acceptors (Lipinski definition) is 2. The van der Waals surface area contributed by atoms with Crippen LogP contribution < -0.4 is 10.6 Å². The zero-order valence-electron chi connectivity index (χ0n) is 11.8. The van der Waals surface area contributed by atoms with E-state index in [0.717, 1.165) is 12.0 Å². The lowest BCUT2D eigenvalue weighted by Gasteiger charge is -2.21. The summed E-state index contributed by atoms with van der Waals surface area (Å²) in [6, 6.07) is 7.08. The zero-order valence-corrected chi connectivity index (χ0v) is 12.5. The number of hydrogen-bond donors (Lipinski definition) is 3. The number of benzene rings is 1. The van der Waals surface area contributed by atoms with E-state index < -0.39 is 0 Å². The van der Waals surface area contributed by atoms with E-state index in [4.69, 9.17) is 16.7 Å². The van der Waals surface area contributed by atoms with Crippen LogP contribution in [0.3, 0.4) is 0 Å². The van der Waals surface area contributed by atoms with Gasteiger partial charge in [0, 0.05) is 5.02 Å². The van der Waals surface area contributed by atoms with Gasteiger partial charge in [-0.15, -0.1) is 0 Å². The Kier molecular flexibility index (Phi) is 4.89. The first kappa shape index (κ1) is 15.1. The molecule has 110 valence electrons. The van der Waals surface area contributed by atoms with Crippen molar-refractivity contribution >= 4 is 17.6 Å². The van der Waals surface area contributed by atoms with Crippen molar-refractivity contribution in [3.05, 3.63) is 34.9 Å². The summed E-state index contributed by atoms with van der Waals surface area (Å²) in [5.74, 6) is 1.08. The van der Waals surface area contributed by atoms with Gasteiger partial charge in [-0.05, 0) is 42.9 Å². The van der Waals surface area contributed by atoms with E-state index in [2.05, 4.69) is 17.6 Å². The minimum absolute atomic E-state index is 0.00633. The van der Waals surface area contributed by atoms with Crippen LogP contribution in [0.1, 0.15) is 31.9 Å². The molecule has 20 heavy (non-hydrogen) atoms. The average Bonchev–Trinajstić information content (AvgIpc) is 3.14. The maximum absolute atomic E-state index is 11.9. The first-order valence-corrected chi connectivity index (χ1v) is 7.32. The topological polar surface area (TPSA) is 61.4 Å². The second-order valence-corrected chi connectivity index (χ2v) is 6.04. The summed E-state index contributed by atoms with van der Waals surface area (Å²) >= 11 is 5.91. The molecule has 3 N–H and O–H groups in total. The molecule has 2 rings (SSSR count). The van der Waals surface area contributed by atoms with Gasteiger partial charge in [0.1, 0.15) is 0 Å². The number of rotatable bonds is 5. The summed E-state index contributed by atoms with van der Waals surface area (Å²) in [5.41, 5.74) is 1.07. The summed E-state index contributed by atoms with van der Waals surface area (Å²) in [7, 11) is 0. The Balaban J connectivity index is 2.05. The number of amides is 2. The molecule has 1 fully saturated rings. The van der Waals surface area contributed by atoms with Crippen molar-refractivity contribution < 1.29 is 9.90 Å². The van der Waals surface area contributed by atoms with Crippen LogP contribution in [0.15, 0.2) is 24.3 Å². The highest BCUT2D eigenvalue weighted by molar-refractivity contribution is 6.30. The van der Waals surface area contributed by atoms with Gasteiger partial charge in [-0.25, -0.2) is 4.79 Å². The summed E-state index contributed by atoms with van der Waals surface area (Å²) in [6.45, 7) is 3.87. The number of carbonyl (C=O) groups excluding carboxylic acids is 1. The van der Waals surface area contributed by atoms with Gasteiger partial charge in [-0.2, -0.15) is 0 Å². The van der Waals surface area contributed by atoms with Crippen LogP contribution in [0.4, 0.5) is 4.79 Å². The minimum Gasteiger partial charge on any atom is -0.394 e. The molecule has 0 radical (unpaired) electrons. The lowest BCUT2D eigenvalue weighted by atomic mass is 10.0. The number of nitrogens with one attached hydrogen (secondary N) is 2. The van der Waals surface area contributed by atoms with Crippen molar-refractivity contribution in [3.63, 3.8) is 0 Å². The van der Waals surface area contributed by atoms with Gasteiger partial charge in [0.2, 0.25) is 0 Å². The molecule has 1 aliphatic carbocycles. The maximum atomic E-state index is 11.9. The van der Waals surface area contributed by atoms with Gasteiger partial charge in [0.05, 0.1) is 18.7 Å². The standard InChI is InChI=1S/C15H21ClN2O2/c1-9-7-13(9)14(11-3-5-12(16)6-4-11)18-15(20)17-10(2)8-19/h3-6,9-10,13-14,19H,7-8H2,1-2H3,(H2,17,18,20). The highest BCUT2D eigenvalue weighted by Gasteiger charge is 2.41. The molecule has 1 aliphatic rings. The van der Waals surface area contributed by atoms with E-state index in [-0.39, 0.29) is 24.7 Å². The van der Waals surface area contributed by atoms with E-state index >= 15 is 0 Å². The highest BCUT2D eigenvalue weighted by Crippen LogP contribution is 2.47. The van der Waals surface area contributed by atoms with E-state index in [1.165, 1.54) is 0 Å². The van der Waals surface area contributed by atoms with E-state index in [0.29, 0.717) is 16.9 Å². The Morgan fingerprint density at radius 3 is 2.50 bits per heavy atom. The molecular formula is C15H21ClN2O2. The van der Waals surface area contributed by atoms with Gasteiger partial charge in [-0.3, -0.25) is 0 Å². The minimum atomic E-state index is -0.252. The monoisotopic (exact) mass is 296 g/mol. The maximum Gasteiger partial charge on any atom is 0.315 e. The normalized spacial score (nSPS) is 23.8. The molecule has 4 nitrogen and oxygen atoms in total. The first-order chi connectivity index (χ1) is 9.51. The quantitative estimate of drug-likeness (QED) is 0.782. The van der Waals surface area contributed by atoms with Crippen LogP contribution in [0.5, 0.6) is 0 Å². The third-order valence-corrected chi connectivity index (χ3v) is 4.02. The molecule has 2 amide bonds. The summed E-state index contributed by atoms with van der Waals surface area (Å²) in [6.07, 6.45) is 1.11. The molecule has 0 aliphatic heterocycles. The van der Waals surface area contributed by atoms with E-state index in [1.807, 2.05) is 24.3 Å². The Morgan fingerprint density at radius 2 is 2.00 bits per heavy atom. The molecule has 0 bridgehead atoms. The molecule has 0 aromatic heterocycles. The Bertz CT molecular complexity index is 463. The van der Waals surface area contributed by atoms with E-state index in [1.54, 1.807) is 6.92 Å². The van der Waals surface area contributed by atoms with Crippen LogP contribution in [0, 0.1) is 11.8 Å². The van der Waals surface area contributed by atoms with Gasteiger partial charge in [-0.1, -0.05) is 30.7 Å². The Morgan fingerprint density at radius 1 is 1.40 bits per heavy atom. The van der Waals surface area contributed by atoms with Crippen molar-refractivity contribution in [1.82, 2.24) is 10.6 Å². The van der Waals surface area contributed by atoms with Gasteiger partial charge in [0.15, 0.2) is 0 Å². The Labute approximate surface area is 124 Å². The van der Waals surface area contributed by atoms with E-state index in [9.17, 15) is 4.79 Å². The number of aliphatic hydroxyl groups is 1. The van der Waals surface area contributed by atoms with Gasteiger partial charge in [0.25, 0.3) is 0 Å². The fourth-order valence-electron chi connectivity index (χ4n) is 2.38. The van der Waals surface area contributed by atoms with Crippen LogP contribution in [0.2, 0.25) is 5.02 Å². The molecule has 0 spiro atoms. The van der Waals surface area contributed by atoms with Gasteiger partial charge >= 0.3 is 6.03 Å². The van der Waals surface area contributed by atoms with Crippen LogP contribution in [0.25, 0.3) is 0 Å². The molecule has 0 saturated heterocycles. The zero-order chi connectivity index (χ0) is 14.7. The SMILES string of the molecule is CC(CO)NC(=O)NC(c1ccc(Cl)cc1)C1CC1C. The summed E-state index contributed by atoms with van der Waals surface area (Å²) in [4.78, 5) is 11.9. The molecule has 5 heteroatoms. The fourth-order valence-corrected chi connectivity index (χ4v) is 2.50. The smallest absolute Gasteiger partial charge is 0.315 e. The highest BCUT2D eigenvalue weighted by atomic mass is 35.5. The first-order valence-electron chi connectivity index (χ1n) is 6.94. The summed E-state index contributed by atoms with van der Waals surface area (Å²) in [5, 5.41) is 15.4.